The number of likely N-dealkylation sites (tertiary alicyclic amines) is 2. The predicted octanol–water partition coefficient (Wildman–Crippen LogP) is 3.93. The third-order valence-corrected chi connectivity index (χ3v) is 8.70. The number of nitrogens with one attached hydrogen (secondary N) is 1. The highest BCUT2D eigenvalue weighted by atomic mass is 16.5. The van der Waals surface area contributed by atoms with Crippen LogP contribution in [0.2, 0.25) is 0 Å². The first-order chi connectivity index (χ1) is 19.4. The minimum absolute atomic E-state index is 0.0782. The zero-order chi connectivity index (χ0) is 27.7. The fraction of sp³-hybridized carbons (Fsp3) is 0.516. The molecule has 2 saturated heterocycles. The first-order valence-corrected chi connectivity index (χ1v) is 14.4. The molecule has 1 aromatic carbocycles. The Kier molecular flexibility index (Phi) is 7.51. The molecular formula is C31H40N6O3. The number of fused-ring (bicyclic) bond motifs is 1. The molecule has 0 bridgehead atoms. The normalized spacial score (nSPS) is 19.3. The van der Waals surface area contributed by atoms with Crippen LogP contribution >= 0.6 is 0 Å². The van der Waals surface area contributed by atoms with Crippen LogP contribution in [-0.2, 0) is 16.1 Å². The molecule has 0 saturated carbocycles. The number of anilines is 1. The van der Waals surface area contributed by atoms with Crippen LogP contribution < -0.4 is 10.1 Å². The molecule has 0 radical (unpaired) electrons. The van der Waals surface area contributed by atoms with Gasteiger partial charge in [0.05, 0.1) is 37.2 Å². The van der Waals surface area contributed by atoms with Crippen LogP contribution in [0.25, 0.3) is 5.69 Å². The van der Waals surface area contributed by atoms with Crippen molar-refractivity contribution in [2.45, 2.75) is 45.6 Å². The lowest BCUT2D eigenvalue weighted by Crippen LogP contribution is -2.60. The Morgan fingerprint density at radius 2 is 1.95 bits per heavy atom. The third-order valence-electron chi connectivity index (χ3n) is 8.70. The van der Waals surface area contributed by atoms with Gasteiger partial charge in [-0.2, -0.15) is 5.10 Å². The predicted molar refractivity (Wildman–Crippen MR) is 154 cm³/mol. The molecule has 5 heterocycles. The van der Waals surface area contributed by atoms with Gasteiger partial charge in [0.2, 0.25) is 0 Å². The van der Waals surface area contributed by atoms with Gasteiger partial charge >= 0.3 is 5.97 Å². The monoisotopic (exact) mass is 544 g/mol. The maximum Gasteiger partial charge on any atom is 0.306 e. The molecule has 2 fully saturated rings. The molecule has 9 heteroatoms. The highest BCUT2D eigenvalue weighted by molar-refractivity contribution is 5.70. The quantitative estimate of drug-likeness (QED) is 0.427. The molecule has 9 nitrogen and oxygen atoms in total. The molecule has 0 unspecified atom stereocenters. The molecule has 6 rings (SSSR count). The van der Waals surface area contributed by atoms with E-state index in [-0.39, 0.29) is 11.9 Å². The summed E-state index contributed by atoms with van der Waals surface area (Å²) in [5.41, 5.74) is 5.76. The first kappa shape index (κ1) is 26.8. The van der Waals surface area contributed by atoms with E-state index in [0.29, 0.717) is 18.4 Å². The van der Waals surface area contributed by atoms with Gasteiger partial charge in [0.15, 0.2) is 11.6 Å². The molecule has 3 aliphatic heterocycles. The van der Waals surface area contributed by atoms with Crippen molar-refractivity contribution in [3.63, 3.8) is 0 Å². The van der Waals surface area contributed by atoms with E-state index in [1.165, 1.54) is 20.0 Å². The zero-order valence-electron chi connectivity index (χ0n) is 23.9. The molecule has 1 atom stereocenters. The molecule has 212 valence electrons. The molecule has 0 aliphatic carbocycles. The summed E-state index contributed by atoms with van der Waals surface area (Å²) < 4.78 is 12.7. The van der Waals surface area contributed by atoms with Gasteiger partial charge in [-0.3, -0.25) is 9.69 Å². The van der Waals surface area contributed by atoms with Crippen LogP contribution in [-0.4, -0.2) is 83.5 Å². The maximum atomic E-state index is 12.4. The number of hydrogen-bond acceptors (Lipinski definition) is 8. The summed E-state index contributed by atoms with van der Waals surface area (Å²) >= 11 is 0. The second-order valence-electron chi connectivity index (χ2n) is 11.8. The van der Waals surface area contributed by atoms with Crippen LogP contribution in [0.5, 0.6) is 5.75 Å². The van der Waals surface area contributed by atoms with Crippen molar-refractivity contribution in [2.24, 2.45) is 5.41 Å². The minimum Gasteiger partial charge on any atom is -0.488 e. The Hall–Kier alpha value is -3.43. The average Bonchev–Trinajstić information content (AvgIpc) is 3.30. The van der Waals surface area contributed by atoms with Crippen LogP contribution in [0.15, 0.2) is 42.5 Å². The number of rotatable bonds is 8. The smallest absolute Gasteiger partial charge is 0.306 e. The van der Waals surface area contributed by atoms with Gasteiger partial charge in [0.1, 0.15) is 6.61 Å². The summed E-state index contributed by atoms with van der Waals surface area (Å²) in [5, 5.41) is 7.99. The van der Waals surface area contributed by atoms with Crippen LogP contribution in [0.4, 0.5) is 5.82 Å². The van der Waals surface area contributed by atoms with E-state index >= 15 is 0 Å². The Bertz CT molecular complexity index is 1350. The number of piperidine rings is 1. The Morgan fingerprint density at radius 3 is 2.70 bits per heavy atom. The van der Waals surface area contributed by atoms with Crippen molar-refractivity contribution in [3.05, 3.63) is 65.1 Å². The number of esters is 1. The Labute approximate surface area is 236 Å². The molecule has 2 aromatic heterocycles. The van der Waals surface area contributed by atoms with E-state index in [2.05, 4.69) is 63.5 Å². The molecule has 3 aliphatic rings. The number of pyridine rings is 1. The van der Waals surface area contributed by atoms with E-state index in [1.54, 1.807) is 0 Å². The summed E-state index contributed by atoms with van der Waals surface area (Å²) in [4.78, 5) is 22.2. The number of methoxy groups -OCH3 is 1. The van der Waals surface area contributed by atoms with Crippen molar-refractivity contribution in [1.82, 2.24) is 24.6 Å². The van der Waals surface area contributed by atoms with Gasteiger partial charge < -0.3 is 19.7 Å². The lowest BCUT2D eigenvalue weighted by molar-refractivity contribution is -0.141. The fourth-order valence-electron chi connectivity index (χ4n) is 6.60. The number of benzene rings is 1. The number of aromatic nitrogens is 3. The van der Waals surface area contributed by atoms with E-state index in [4.69, 9.17) is 14.5 Å². The van der Waals surface area contributed by atoms with Crippen LogP contribution in [0.1, 0.15) is 47.8 Å². The summed E-state index contributed by atoms with van der Waals surface area (Å²) in [6, 6.07) is 14.7. The molecule has 1 spiro atoms. The lowest BCUT2D eigenvalue weighted by Gasteiger charge is -2.55. The number of aryl methyl sites for hydroxylation is 2. The molecule has 0 amide bonds. The van der Waals surface area contributed by atoms with Crippen LogP contribution in [0, 0.1) is 19.3 Å². The number of carbonyl (C=O) groups excluding carboxylic acids is 1. The van der Waals surface area contributed by atoms with Gasteiger partial charge in [-0.1, -0.05) is 12.1 Å². The second kappa shape index (κ2) is 11.2. The fourth-order valence-corrected chi connectivity index (χ4v) is 6.60. The van der Waals surface area contributed by atoms with Gasteiger partial charge in [-0.05, 0) is 81.1 Å². The number of carbonyl (C=O) groups is 1. The van der Waals surface area contributed by atoms with Gasteiger partial charge in [-0.25, -0.2) is 9.67 Å². The van der Waals surface area contributed by atoms with E-state index in [0.717, 1.165) is 85.7 Å². The number of ether oxygens (including phenoxy) is 2. The third kappa shape index (κ3) is 5.71. The van der Waals surface area contributed by atoms with Gasteiger partial charge in [0.25, 0.3) is 0 Å². The summed E-state index contributed by atoms with van der Waals surface area (Å²) in [6.45, 7) is 11.7. The van der Waals surface area contributed by atoms with Crippen molar-refractivity contribution < 1.29 is 14.3 Å². The van der Waals surface area contributed by atoms with Crippen molar-refractivity contribution >= 4 is 11.8 Å². The van der Waals surface area contributed by atoms with E-state index in [9.17, 15) is 4.79 Å². The molecule has 1 N–H and O–H groups in total. The summed E-state index contributed by atoms with van der Waals surface area (Å²) in [6.07, 6.45) is 2.78. The standard InChI is InChI=1S/C31H40N6O3/c1-22-15-23(2)37(34-22)27-6-4-5-24(16-27)25(17-29(38)39-3)18-36-20-31(21-36)9-12-35(13-10-31)19-26-7-8-28-30(33-26)32-11-14-40-28/h4-8,15-16,25H,9-14,17-21H2,1-3H3,(H,32,33)/t25-/m1/s1. The molecule has 40 heavy (non-hydrogen) atoms. The summed E-state index contributed by atoms with van der Waals surface area (Å²) in [7, 11) is 1.47. The zero-order valence-corrected chi connectivity index (χ0v) is 23.9. The molecule has 3 aromatic rings. The van der Waals surface area contributed by atoms with Gasteiger partial charge in [-0.15, -0.1) is 0 Å². The summed E-state index contributed by atoms with van der Waals surface area (Å²) in [5.74, 6) is 1.64. The Morgan fingerprint density at radius 1 is 1.12 bits per heavy atom. The topological polar surface area (TPSA) is 84.8 Å². The van der Waals surface area contributed by atoms with Crippen molar-refractivity contribution in [2.75, 3.05) is 58.3 Å². The van der Waals surface area contributed by atoms with E-state index in [1.807, 2.05) is 17.7 Å². The number of hydrogen-bond donors (Lipinski definition) is 1. The van der Waals surface area contributed by atoms with Crippen molar-refractivity contribution in [3.8, 4) is 11.4 Å². The van der Waals surface area contributed by atoms with E-state index < -0.39 is 0 Å². The van der Waals surface area contributed by atoms with Gasteiger partial charge in [0, 0.05) is 37.8 Å². The lowest BCUT2D eigenvalue weighted by atomic mass is 9.71. The molecular weight excluding hydrogens is 504 g/mol. The van der Waals surface area contributed by atoms with Crippen molar-refractivity contribution in [1.29, 1.82) is 0 Å². The highest BCUT2D eigenvalue weighted by Gasteiger charge is 2.45. The first-order valence-electron chi connectivity index (χ1n) is 14.4. The van der Waals surface area contributed by atoms with Crippen LogP contribution in [0.3, 0.4) is 0 Å². The Balaban J connectivity index is 1.06. The largest absolute Gasteiger partial charge is 0.488 e. The maximum absolute atomic E-state index is 12.4. The minimum atomic E-state index is -0.164. The highest BCUT2D eigenvalue weighted by Crippen LogP contribution is 2.42. The second-order valence-corrected chi connectivity index (χ2v) is 11.8. The average molecular weight is 545 g/mol. The SMILES string of the molecule is COC(=O)C[C@H](CN1CC2(CCN(Cc3ccc4c(n3)NCCO4)CC2)C1)c1cccc(-n2nc(C)cc2C)c1. The number of nitrogens with zero attached hydrogens (tertiary/aromatic N) is 5.